The molecule has 0 unspecified atom stereocenters. The third kappa shape index (κ3) is 1.41. The molecule has 3 rings (SSSR count). The van der Waals surface area contributed by atoms with Crippen molar-refractivity contribution >= 4 is 23.4 Å². The predicted octanol–water partition coefficient (Wildman–Crippen LogP) is 3.57. The predicted molar refractivity (Wildman–Crippen MR) is 62.4 cm³/mol. The Morgan fingerprint density at radius 2 is 2.00 bits per heavy atom. The Morgan fingerprint density at radius 1 is 1.28 bits per heavy atom. The van der Waals surface area contributed by atoms with E-state index in [1.54, 1.807) is 24.3 Å². The lowest BCUT2D eigenvalue weighted by Crippen LogP contribution is -2.59. The summed E-state index contributed by atoms with van der Waals surface area (Å²) >= 11 is 0.758. The molecule has 0 spiro atoms. The van der Waals surface area contributed by atoms with Crippen molar-refractivity contribution in [2.24, 2.45) is 0 Å². The van der Waals surface area contributed by atoms with Gasteiger partial charge in [0.1, 0.15) is 0 Å². The van der Waals surface area contributed by atoms with E-state index in [-0.39, 0.29) is 19.3 Å². The van der Waals surface area contributed by atoms with Crippen molar-refractivity contribution in [2.75, 3.05) is 4.90 Å². The fourth-order valence-electron chi connectivity index (χ4n) is 2.57. The van der Waals surface area contributed by atoms with Gasteiger partial charge in [-0.2, -0.15) is 13.2 Å². The highest BCUT2D eigenvalue weighted by atomic mass is 32.2. The molecule has 2 aliphatic rings. The summed E-state index contributed by atoms with van der Waals surface area (Å²) in [7, 11) is 0. The zero-order valence-corrected chi connectivity index (χ0v) is 10.1. The normalized spacial score (nSPS) is 27.1. The molecule has 1 fully saturated rings. The molecule has 1 atom stereocenters. The molecule has 1 aromatic carbocycles. The number of fused-ring (bicyclic) bond motifs is 3. The Balaban J connectivity index is 2.18. The summed E-state index contributed by atoms with van der Waals surface area (Å²) in [6.07, 6.45) is -3.99. The highest BCUT2D eigenvalue weighted by Gasteiger charge is 2.65. The summed E-state index contributed by atoms with van der Waals surface area (Å²) in [5.41, 5.74) is 0.393. The Morgan fingerprint density at radius 3 is 2.72 bits per heavy atom. The molecule has 0 aliphatic carbocycles. The van der Waals surface area contributed by atoms with Crippen LogP contribution in [0.25, 0.3) is 0 Å². The Kier molecular flexibility index (Phi) is 2.42. The fraction of sp³-hybridized carbons (Fsp3) is 0.417. The first kappa shape index (κ1) is 11.9. The number of carbonyl (C=O) groups is 1. The van der Waals surface area contributed by atoms with Crippen LogP contribution in [0, 0.1) is 0 Å². The van der Waals surface area contributed by atoms with E-state index in [0.29, 0.717) is 10.6 Å². The van der Waals surface area contributed by atoms with Crippen molar-refractivity contribution in [1.82, 2.24) is 0 Å². The van der Waals surface area contributed by atoms with Crippen LogP contribution >= 0.6 is 11.8 Å². The molecule has 2 aliphatic heterocycles. The third-order valence-corrected chi connectivity index (χ3v) is 4.87. The number of carbonyl (C=O) groups excluding carboxylic acids is 1. The van der Waals surface area contributed by atoms with E-state index in [1.807, 2.05) is 0 Å². The molecule has 0 radical (unpaired) electrons. The van der Waals surface area contributed by atoms with Crippen molar-refractivity contribution in [2.45, 2.75) is 35.2 Å². The first-order chi connectivity index (χ1) is 8.46. The maximum Gasteiger partial charge on any atom is 0.421 e. The molecular weight excluding hydrogens is 263 g/mol. The molecule has 6 heteroatoms. The molecule has 1 saturated heterocycles. The minimum absolute atomic E-state index is 0.0401. The summed E-state index contributed by atoms with van der Waals surface area (Å²) in [5, 5.41) is 0. The van der Waals surface area contributed by atoms with Crippen LogP contribution in [0.2, 0.25) is 0 Å². The minimum Gasteiger partial charge on any atom is -0.287 e. The summed E-state index contributed by atoms with van der Waals surface area (Å²) in [6, 6.07) is 6.57. The van der Waals surface area contributed by atoms with Crippen LogP contribution in [0.3, 0.4) is 0 Å². The molecule has 0 N–H and O–H groups in total. The first-order valence-electron chi connectivity index (χ1n) is 5.63. The van der Waals surface area contributed by atoms with Gasteiger partial charge in [0.25, 0.3) is 0 Å². The van der Waals surface area contributed by atoms with Crippen molar-refractivity contribution in [3.05, 3.63) is 24.3 Å². The van der Waals surface area contributed by atoms with Gasteiger partial charge in [-0.1, -0.05) is 23.9 Å². The number of thioether (sulfide) groups is 1. The van der Waals surface area contributed by atoms with Crippen LogP contribution in [-0.4, -0.2) is 17.0 Å². The Hall–Kier alpha value is -1.17. The van der Waals surface area contributed by atoms with Crippen LogP contribution < -0.4 is 4.90 Å². The van der Waals surface area contributed by atoms with Crippen LogP contribution in [0.15, 0.2) is 29.2 Å². The van der Waals surface area contributed by atoms with Gasteiger partial charge in [0.15, 0.2) is 4.87 Å². The van der Waals surface area contributed by atoms with Gasteiger partial charge in [-0.15, -0.1) is 0 Å². The largest absolute Gasteiger partial charge is 0.421 e. The smallest absolute Gasteiger partial charge is 0.287 e. The van der Waals surface area contributed by atoms with Gasteiger partial charge in [-0.05, 0) is 25.0 Å². The average Bonchev–Trinajstić information content (AvgIpc) is 2.65. The zero-order chi connectivity index (χ0) is 13.0. The van der Waals surface area contributed by atoms with E-state index >= 15 is 0 Å². The van der Waals surface area contributed by atoms with E-state index in [2.05, 4.69) is 0 Å². The average molecular weight is 273 g/mol. The van der Waals surface area contributed by atoms with Gasteiger partial charge in [-0.25, -0.2) is 0 Å². The highest BCUT2D eigenvalue weighted by molar-refractivity contribution is 8.01. The van der Waals surface area contributed by atoms with E-state index < -0.39 is 17.0 Å². The number of piperidine rings is 1. The second-order valence-electron chi connectivity index (χ2n) is 4.43. The van der Waals surface area contributed by atoms with Crippen LogP contribution in [0.1, 0.15) is 19.3 Å². The van der Waals surface area contributed by atoms with Crippen LogP contribution in [-0.2, 0) is 4.79 Å². The van der Waals surface area contributed by atoms with E-state index in [9.17, 15) is 18.0 Å². The maximum absolute atomic E-state index is 13.4. The highest BCUT2D eigenvalue weighted by Crippen LogP contribution is 2.60. The third-order valence-electron chi connectivity index (χ3n) is 3.34. The Labute approximate surface area is 106 Å². The topological polar surface area (TPSA) is 20.3 Å². The summed E-state index contributed by atoms with van der Waals surface area (Å²) in [5.74, 6) is -0.434. The molecule has 18 heavy (non-hydrogen) atoms. The molecule has 0 aromatic heterocycles. The van der Waals surface area contributed by atoms with Gasteiger partial charge in [-0.3, -0.25) is 9.69 Å². The maximum atomic E-state index is 13.4. The van der Waals surface area contributed by atoms with E-state index in [0.717, 1.165) is 16.7 Å². The second kappa shape index (κ2) is 3.66. The second-order valence-corrected chi connectivity index (χ2v) is 5.75. The van der Waals surface area contributed by atoms with Crippen LogP contribution in [0.5, 0.6) is 0 Å². The quantitative estimate of drug-likeness (QED) is 0.720. The summed E-state index contributed by atoms with van der Waals surface area (Å²) in [6.45, 7) is 0. The minimum atomic E-state index is -4.42. The first-order valence-corrected chi connectivity index (χ1v) is 6.45. The number of hydrogen-bond acceptors (Lipinski definition) is 2. The van der Waals surface area contributed by atoms with Crippen molar-refractivity contribution in [1.29, 1.82) is 0 Å². The number of amides is 1. The van der Waals surface area contributed by atoms with Gasteiger partial charge in [0.05, 0.1) is 5.69 Å². The van der Waals surface area contributed by atoms with Crippen LogP contribution in [0.4, 0.5) is 18.9 Å². The molecule has 1 aromatic rings. The monoisotopic (exact) mass is 273 g/mol. The summed E-state index contributed by atoms with van der Waals surface area (Å²) in [4.78, 5) is 11.3. The van der Waals surface area contributed by atoms with Gasteiger partial charge in [0, 0.05) is 11.3 Å². The van der Waals surface area contributed by atoms with Crippen molar-refractivity contribution in [3.63, 3.8) is 0 Å². The number of rotatable bonds is 0. The van der Waals surface area contributed by atoms with Crippen molar-refractivity contribution in [3.8, 4) is 0 Å². The van der Waals surface area contributed by atoms with E-state index in [4.69, 9.17) is 0 Å². The number of hydrogen-bond donors (Lipinski definition) is 0. The van der Waals surface area contributed by atoms with Gasteiger partial charge in [0.2, 0.25) is 5.91 Å². The molecule has 96 valence electrons. The molecule has 0 saturated carbocycles. The van der Waals surface area contributed by atoms with Gasteiger partial charge >= 0.3 is 6.18 Å². The standard InChI is InChI=1S/C12H10F3NOS/c13-12(14,15)11-7-3-6-10(17)16(11)8-4-1-2-5-9(8)18-11/h1-2,4-5H,3,6-7H2/t11-/m0/s1. The number of anilines is 1. The zero-order valence-electron chi connectivity index (χ0n) is 9.33. The fourth-order valence-corrected chi connectivity index (χ4v) is 3.99. The number of benzene rings is 1. The Bertz CT molecular complexity index is 516. The molecule has 1 amide bonds. The number of para-hydroxylation sites is 1. The molecular formula is C12H10F3NOS. The lowest BCUT2D eigenvalue weighted by molar-refractivity contribution is -0.168. The SMILES string of the molecule is O=C1CCC[C@@]2(C(F)(F)F)Sc3ccccc3N12. The summed E-state index contributed by atoms with van der Waals surface area (Å²) < 4.78 is 40.2. The lowest BCUT2D eigenvalue weighted by Gasteiger charge is -2.42. The van der Waals surface area contributed by atoms with Crippen molar-refractivity contribution < 1.29 is 18.0 Å². The molecule has 2 nitrogen and oxygen atoms in total. The lowest BCUT2D eigenvalue weighted by atomic mass is 9.99. The van der Waals surface area contributed by atoms with E-state index in [1.165, 1.54) is 0 Å². The molecule has 2 heterocycles. The molecule has 0 bridgehead atoms. The number of nitrogens with zero attached hydrogens (tertiary/aromatic N) is 1. The van der Waals surface area contributed by atoms with Gasteiger partial charge < -0.3 is 0 Å². The number of halogens is 3. The number of alkyl halides is 3.